The van der Waals surface area contributed by atoms with Crippen LogP contribution in [0, 0.1) is 0 Å². The number of carbonyl (C=O) groups excluding carboxylic acids is 2. The highest BCUT2D eigenvalue weighted by Gasteiger charge is 2.30. The van der Waals surface area contributed by atoms with Crippen molar-refractivity contribution in [3.05, 3.63) is 119 Å². The largest absolute Gasteiger partial charge is 0.480 e. The summed E-state index contributed by atoms with van der Waals surface area (Å²) in [7, 11) is 0. The lowest BCUT2D eigenvalue weighted by molar-refractivity contribution is -0.138. The molecule has 5 aromatic rings. The number of rotatable bonds is 11. The molecule has 0 fully saturated rings. The zero-order valence-electron chi connectivity index (χ0n) is 24.7. The number of halogens is 5. The molecule has 48 heavy (non-hydrogen) atoms. The summed E-state index contributed by atoms with van der Waals surface area (Å²) in [5.41, 5.74) is -1.58. The Morgan fingerprint density at radius 3 is 2.17 bits per heavy atom. The highest BCUT2D eigenvalue weighted by Crippen LogP contribution is 2.37. The van der Waals surface area contributed by atoms with Crippen molar-refractivity contribution in [2.45, 2.75) is 33.6 Å². The number of hydrogen-bond donors (Lipinski definition) is 4. The van der Waals surface area contributed by atoms with Crippen LogP contribution in [-0.2, 0) is 17.1 Å². The van der Waals surface area contributed by atoms with Gasteiger partial charge in [0.2, 0.25) is 0 Å². The van der Waals surface area contributed by atoms with Gasteiger partial charge in [-0.25, -0.2) is 9.59 Å². The highest BCUT2D eigenvalue weighted by atomic mass is 35.5. The van der Waals surface area contributed by atoms with Crippen molar-refractivity contribution in [1.29, 1.82) is 0 Å². The summed E-state index contributed by atoms with van der Waals surface area (Å²) in [6.07, 6.45) is 1.36. The van der Waals surface area contributed by atoms with E-state index in [4.69, 9.17) is 11.6 Å². The minimum absolute atomic E-state index is 0. The summed E-state index contributed by atoms with van der Waals surface area (Å²) in [5.74, 6) is -1.56. The third-order valence-electron chi connectivity index (χ3n) is 6.77. The summed E-state index contributed by atoms with van der Waals surface area (Å²) in [6.45, 7) is 0.150. The van der Waals surface area contributed by atoms with Gasteiger partial charge in [0.1, 0.15) is 0 Å². The van der Waals surface area contributed by atoms with Gasteiger partial charge in [-0.1, -0.05) is 54.1 Å². The fourth-order valence-corrected chi connectivity index (χ4v) is 6.16. The predicted octanol–water partition coefficient (Wildman–Crippen LogP) is 9.15. The molecule has 2 amide bonds. The number of aliphatic carboxylic acids is 1. The van der Waals surface area contributed by atoms with Gasteiger partial charge in [0.25, 0.3) is 5.91 Å². The smallest absolute Gasteiger partial charge is 0.446 e. The minimum Gasteiger partial charge on any atom is -0.480 e. The lowest BCUT2D eigenvalue weighted by Gasteiger charge is -2.14. The summed E-state index contributed by atoms with van der Waals surface area (Å²) < 4.78 is 38.8. The third kappa shape index (κ3) is 9.94. The van der Waals surface area contributed by atoms with Crippen molar-refractivity contribution in [2.24, 2.45) is 0 Å². The van der Waals surface area contributed by atoms with Crippen LogP contribution in [0.25, 0.3) is 10.9 Å². The first kappa shape index (κ1) is 36.7. The first-order valence-corrected chi connectivity index (χ1v) is 16.1. The molecule has 0 aliphatic rings. The second-order valence-electron chi connectivity index (χ2n) is 10.1. The molecule has 0 bridgehead atoms. The molecular formula is C33H27Cl2F3N4O4S2. The molecule has 250 valence electrons. The number of alkyl halides is 3. The standard InChI is InChI=1S/C33H26ClF3N4O4S2.ClH/c34-22-8-15-28-26(16-22)27(18-41(28)30(42)29(31(43)44)38-17-20-4-2-1-3-5-20)40-32(45)39-23-9-13-24(14-10-23)46-19-21-6-11-25(12-7-21)47-33(35,36)37;/h1-16,18,29,38H,17,19H2,(H,43,44)(H2,39,40,45);1H. The average Bonchev–Trinajstić information content (AvgIpc) is 3.38. The lowest BCUT2D eigenvalue weighted by atomic mass is 10.2. The predicted molar refractivity (Wildman–Crippen MR) is 187 cm³/mol. The Morgan fingerprint density at radius 2 is 1.52 bits per heavy atom. The normalized spacial score (nSPS) is 11.8. The van der Waals surface area contributed by atoms with E-state index in [1.165, 1.54) is 34.7 Å². The second kappa shape index (κ2) is 16.3. The van der Waals surface area contributed by atoms with Crippen molar-refractivity contribution in [3.63, 3.8) is 0 Å². The van der Waals surface area contributed by atoms with Gasteiger partial charge in [0, 0.05) is 44.4 Å². The van der Waals surface area contributed by atoms with E-state index in [0.717, 1.165) is 16.0 Å². The molecule has 1 aromatic heterocycles. The van der Waals surface area contributed by atoms with Gasteiger partial charge in [-0.3, -0.25) is 14.7 Å². The molecule has 0 saturated carbocycles. The zero-order chi connectivity index (χ0) is 33.6. The first-order chi connectivity index (χ1) is 22.4. The van der Waals surface area contributed by atoms with Crippen LogP contribution < -0.4 is 16.0 Å². The summed E-state index contributed by atoms with van der Waals surface area (Å²) >= 11 is 7.54. The van der Waals surface area contributed by atoms with Crippen LogP contribution in [0.15, 0.2) is 113 Å². The minimum atomic E-state index is -4.33. The maximum absolute atomic E-state index is 13.5. The molecule has 1 unspecified atom stereocenters. The van der Waals surface area contributed by atoms with Gasteiger partial charge >= 0.3 is 17.5 Å². The zero-order valence-corrected chi connectivity index (χ0v) is 27.9. The van der Waals surface area contributed by atoms with E-state index in [1.807, 2.05) is 30.3 Å². The molecule has 0 saturated heterocycles. The SMILES string of the molecule is Cl.O=C(Nc1ccc(SCc2ccc(SC(F)(F)F)cc2)cc1)Nc1cn(C(=O)C(NCc2ccccc2)C(=O)O)c2ccc(Cl)cc12. The number of urea groups is 1. The number of aromatic nitrogens is 1. The molecule has 5 rings (SSSR count). The number of fused-ring (bicyclic) bond motifs is 1. The van der Waals surface area contributed by atoms with Crippen molar-refractivity contribution in [3.8, 4) is 0 Å². The number of carboxylic acids is 1. The number of anilines is 2. The number of amides is 2. The van der Waals surface area contributed by atoms with Crippen molar-refractivity contribution in [1.82, 2.24) is 9.88 Å². The van der Waals surface area contributed by atoms with Crippen molar-refractivity contribution < 1.29 is 32.7 Å². The van der Waals surface area contributed by atoms with E-state index in [9.17, 15) is 32.7 Å². The van der Waals surface area contributed by atoms with Crippen molar-refractivity contribution >= 4 is 87.7 Å². The number of carbonyl (C=O) groups is 3. The Labute approximate surface area is 292 Å². The maximum atomic E-state index is 13.5. The topological polar surface area (TPSA) is 112 Å². The number of hydrogen-bond acceptors (Lipinski definition) is 6. The van der Waals surface area contributed by atoms with E-state index in [-0.39, 0.29) is 41.3 Å². The Hall–Kier alpha value is -4.14. The summed E-state index contributed by atoms with van der Waals surface area (Å²) in [5, 5.41) is 18.9. The quantitative estimate of drug-likeness (QED) is 0.0791. The molecule has 0 spiro atoms. The van der Waals surface area contributed by atoms with Crippen LogP contribution in [0.2, 0.25) is 5.02 Å². The van der Waals surface area contributed by atoms with Crippen LogP contribution in [-0.4, -0.2) is 39.1 Å². The Bertz CT molecular complexity index is 1890. The van der Waals surface area contributed by atoms with Crippen LogP contribution in [0.3, 0.4) is 0 Å². The van der Waals surface area contributed by atoms with Gasteiger partial charge < -0.3 is 15.7 Å². The Kier molecular flexibility index (Phi) is 12.5. The maximum Gasteiger partial charge on any atom is 0.446 e. The van der Waals surface area contributed by atoms with Gasteiger partial charge in [0.05, 0.1) is 11.2 Å². The number of nitrogens with one attached hydrogen (secondary N) is 3. The van der Waals surface area contributed by atoms with Gasteiger partial charge in [-0.05, 0) is 77.5 Å². The fraction of sp³-hybridized carbons (Fsp3) is 0.121. The van der Waals surface area contributed by atoms with Gasteiger partial charge in [-0.15, -0.1) is 24.2 Å². The molecule has 1 atom stereocenters. The summed E-state index contributed by atoms with van der Waals surface area (Å²) in [4.78, 5) is 39.5. The molecule has 8 nitrogen and oxygen atoms in total. The summed E-state index contributed by atoms with van der Waals surface area (Å²) in [6, 6.07) is 24.8. The van der Waals surface area contributed by atoms with Crippen molar-refractivity contribution in [2.75, 3.05) is 10.6 Å². The molecule has 0 aliphatic heterocycles. The Balaban J connectivity index is 0.00000520. The molecule has 4 N–H and O–H groups in total. The third-order valence-corrected chi connectivity index (χ3v) is 8.83. The molecule has 4 aromatic carbocycles. The van der Waals surface area contributed by atoms with E-state index in [1.54, 1.807) is 54.6 Å². The number of nitrogens with zero attached hydrogens (tertiary/aromatic N) is 1. The fourth-order valence-electron chi connectivity index (χ4n) is 4.59. The van der Waals surface area contributed by atoms with Crippen LogP contribution in [0.4, 0.5) is 29.3 Å². The lowest BCUT2D eigenvalue weighted by Crippen LogP contribution is -2.45. The molecule has 1 heterocycles. The average molecular weight is 736 g/mol. The highest BCUT2D eigenvalue weighted by molar-refractivity contribution is 8.00. The van der Waals surface area contributed by atoms with E-state index >= 15 is 0 Å². The van der Waals surface area contributed by atoms with E-state index < -0.39 is 29.5 Å². The monoisotopic (exact) mass is 734 g/mol. The Morgan fingerprint density at radius 1 is 0.854 bits per heavy atom. The number of thioether (sulfide) groups is 2. The number of benzene rings is 4. The molecule has 0 radical (unpaired) electrons. The van der Waals surface area contributed by atoms with Crippen LogP contribution in [0.5, 0.6) is 0 Å². The van der Waals surface area contributed by atoms with Crippen LogP contribution in [0.1, 0.15) is 15.9 Å². The van der Waals surface area contributed by atoms with Gasteiger partial charge in [-0.2, -0.15) is 13.2 Å². The van der Waals surface area contributed by atoms with E-state index in [0.29, 0.717) is 27.4 Å². The molecule has 15 heteroatoms. The van der Waals surface area contributed by atoms with Crippen LogP contribution >= 0.6 is 47.5 Å². The second-order valence-corrected chi connectivity index (χ2v) is 12.8. The van der Waals surface area contributed by atoms with Gasteiger partial charge in [0.15, 0.2) is 6.04 Å². The first-order valence-electron chi connectivity index (χ1n) is 14.0. The molecule has 0 aliphatic carbocycles. The molecular weight excluding hydrogens is 708 g/mol. The van der Waals surface area contributed by atoms with E-state index in [2.05, 4.69) is 16.0 Å². The number of carboxylic acid groups (broad SMARTS) is 1.